The fourth-order valence-electron chi connectivity index (χ4n) is 0.502. The molecule has 3 nitrogen and oxygen atoms in total. The van der Waals surface area contributed by atoms with E-state index in [9.17, 15) is 0 Å². The summed E-state index contributed by atoms with van der Waals surface area (Å²) in [5.74, 6) is -4.74. The van der Waals surface area contributed by atoms with E-state index in [1.54, 1.807) is 0 Å². The first-order valence-electron chi connectivity index (χ1n) is 3.56. The molecule has 7 heteroatoms. The molecule has 0 aromatic carbocycles. The van der Waals surface area contributed by atoms with E-state index in [2.05, 4.69) is 24.2 Å². The van der Waals surface area contributed by atoms with Crippen LogP contribution in [0.15, 0.2) is 0 Å². The van der Waals surface area contributed by atoms with E-state index in [1.807, 2.05) is 0 Å². The first-order valence-corrected chi connectivity index (χ1v) is 11.1. The molecule has 0 saturated heterocycles. The summed E-state index contributed by atoms with van der Waals surface area (Å²) in [7, 11) is -1.23. The molecular formula is C5H15Cl2O3PSi. The van der Waals surface area contributed by atoms with Crippen molar-refractivity contribution in [1.29, 1.82) is 0 Å². The second kappa shape index (κ2) is 3.69. The molecule has 0 aromatic rings. The third kappa shape index (κ3) is 11.1. The van der Waals surface area contributed by atoms with Gasteiger partial charge in [0, 0.05) is 0 Å². The Morgan fingerprint density at radius 3 is 1.92 bits per heavy atom. The second-order valence-electron chi connectivity index (χ2n) is 3.90. The molecule has 0 aliphatic carbocycles. The molecule has 2 N–H and O–H groups in total. The Hall–Kier alpha value is 1.11. The molecule has 0 aliphatic heterocycles. The van der Waals surface area contributed by atoms with E-state index in [0.29, 0.717) is 0 Å². The van der Waals surface area contributed by atoms with E-state index in [-0.39, 0.29) is 6.61 Å². The summed E-state index contributed by atoms with van der Waals surface area (Å²) >= 11 is 10.2. The standard InChI is InChI=1S/C5H15Cl2O3PSi/c1-12(2,3)5-4-10-11(6,7,8)9/h8-9H,4-5H2,1-3H3. The van der Waals surface area contributed by atoms with Crippen LogP contribution in [0.2, 0.25) is 25.7 Å². The molecule has 0 spiro atoms. The maximum absolute atomic E-state index is 8.89. The zero-order valence-corrected chi connectivity index (χ0v) is 10.8. The summed E-state index contributed by atoms with van der Waals surface area (Å²) < 4.78 is 4.60. The van der Waals surface area contributed by atoms with Gasteiger partial charge in [-0.3, -0.25) is 0 Å². The molecule has 0 bridgehead atoms. The van der Waals surface area contributed by atoms with Gasteiger partial charge in [-0.05, 0) is 0 Å². The van der Waals surface area contributed by atoms with Gasteiger partial charge in [-0.1, -0.05) is 0 Å². The molecule has 0 aromatic heterocycles. The quantitative estimate of drug-likeness (QED) is 0.598. The van der Waals surface area contributed by atoms with E-state index >= 15 is 0 Å². The minimum absolute atomic E-state index is 0.202. The van der Waals surface area contributed by atoms with Crippen molar-refractivity contribution >= 4 is 36.5 Å². The molecular weight excluding hydrogens is 238 g/mol. The minimum atomic E-state index is -4.74. The van der Waals surface area contributed by atoms with Crippen molar-refractivity contribution in [3.63, 3.8) is 0 Å². The van der Waals surface area contributed by atoms with Crippen LogP contribution < -0.4 is 0 Å². The van der Waals surface area contributed by atoms with Gasteiger partial charge in [0.1, 0.15) is 0 Å². The summed E-state index contributed by atoms with van der Waals surface area (Å²) in [5, 5.41) is 0. The fourth-order valence-corrected chi connectivity index (χ4v) is 2.20. The zero-order valence-electron chi connectivity index (χ0n) is 7.42. The van der Waals surface area contributed by atoms with Crippen LogP contribution in [0.4, 0.5) is 0 Å². The topological polar surface area (TPSA) is 49.7 Å². The normalized spacial score (nSPS) is 17.1. The van der Waals surface area contributed by atoms with Gasteiger partial charge in [0.25, 0.3) is 0 Å². The van der Waals surface area contributed by atoms with Crippen LogP contribution in [0, 0.1) is 0 Å². The fraction of sp³-hybridized carbons (Fsp3) is 1.00. The van der Waals surface area contributed by atoms with Gasteiger partial charge in [-0.15, -0.1) is 0 Å². The van der Waals surface area contributed by atoms with Gasteiger partial charge in [0.05, 0.1) is 0 Å². The maximum atomic E-state index is 8.89. The van der Waals surface area contributed by atoms with E-state index in [1.165, 1.54) is 0 Å². The molecule has 0 radical (unpaired) electrons. The summed E-state index contributed by atoms with van der Waals surface area (Å²) in [4.78, 5) is 17.8. The van der Waals surface area contributed by atoms with Crippen LogP contribution in [0.1, 0.15) is 0 Å². The van der Waals surface area contributed by atoms with Crippen LogP contribution in [-0.2, 0) is 4.52 Å². The van der Waals surface area contributed by atoms with Crippen LogP contribution in [-0.4, -0.2) is 24.5 Å². The summed E-state index contributed by atoms with van der Waals surface area (Å²) in [6, 6.07) is 0.797. The van der Waals surface area contributed by atoms with E-state index in [0.717, 1.165) is 6.04 Å². The van der Waals surface area contributed by atoms with Crippen molar-refractivity contribution < 1.29 is 14.3 Å². The van der Waals surface area contributed by atoms with Crippen LogP contribution in [0.5, 0.6) is 0 Å². The average Bonchev–Trinajstić information content (AvgIpc) is 1.52. The SMILES string of the molecule is C[Si](C)(C)CCOP(O)(O)(Cl)Cl. The van der Waals surface area contributed by atoms with Crippen molar-refractivity contribution in [3.8, 4) is 0 Å². The molecule has 0 amide bonds. The van der Waals surface area contributed by atoms with E-state index in [4.69, 9.17) is 32.3 Å². The molecule has 0 saturated carbocycles. The number of halogens is 2. The van der Waals surface area contributed by atoms with Crippen LogP contribution >= 0.6 is 28.5 Å². The van der Waals surface area contributed by atoms with Crippen LogP contribution in [0.3, 0.4) is 0 Å². The molecule has 12 heavy (non-hydrogen) atoms. The van der Waals surface area contributed by atoms with Gasteiger partial charge in [-0.2, -0.15) is 0 Å². The zero-order chi connectivity index (χ0) is 10.1. The molecule has 0 unspecified atom stereocenters. The second-order valence-corrected chi connectivity index (χ2v) is 15.5. The van der Waals surface area contributed by atoms with Crippen LogP contribution in [0.25, 0.3) is 0 Å². The van der Waals surface area contributed by atoms with Crippen molar-refractivity contribution in [1.82, 2.24) is 0 Å². The third-order valence-electron chi connectivity index (χ3n) is 1.16. The van der Waals surface area contributed by atoms with Crippen molar-refractivity contribution in [2.75, 3.05) is 6.61 Å². The van der Waals surface area contributed by atoms with Crippen molar-refractivity contribution in [2.45, 2.75) is 25.7 Å². The van der Waals surface area contributed by atoms with Crippen molar-refractivity contribution in [2.24, 2.45) is 0 Å². The Morgan fingerprint density at radius 2 is 1.67 bits per heavy atom. The summed E-state index contributed by atoms with van der Waals surface area (Å²) in [6.45, 7) is 6.63. The summed E-state index contributed by atoms with van der Waals surface area (Å²) in [6.07, 6.45) is 0. The Morgan fingerprint density at radius 1 is 1.25 bits per heavy atom. The van der Waals surface area contributed by atoms with Gasteiger partial charge in [0.15, 0.2) is 0 Å². The molecule has 0 fully saturated rings. The van der Waals surface area contributed by atoms with Gasteiger partial charge < -0.3 is 0 Å². The third-order valence-corrected chi connectivity index (χ3v) is 4.05. The number of rotatable bonds is 4. The van der Waals surface area contributed by atoms with E-state index < -0.39 is 14.1 Å². The Bertz CT molecular complexity index is 153. The van der Waals surface area contributed by atoms with Gasteiger partial charge in [-0.25, -0.2) is 0 Å². The number of hydrogen-bond donors (Lipinski definition) is 2. The predicted octanol–water partition coefficient (Wildman–Crippen LogP) is 2.93. The molecule has 76 valence electrons. The molecule has 0 rings (SSSR count). The van der Waals surface area contributed by atoms with Gasteiger partial charge in [0.2, 0.25) is 0 Å². The first kappa shape index (κ1) is 13.1. The first-order chi connectivity index (χ1) is 4.96. The molecule has 0 aliphatic rings. The monoisotopic (exact) mass is 252 g/mol. The molecule has 0 atom stereocenters. The van der Waals surface area contributed by atoms with Gasteiger partial charge >= 0.3 is 83.1 Å². The Balaban J connectivity index is 3.73. The van der Waals surface area contributed by atoms with Crippen molar-refractivity contribution in [3.05, 3.63) is 0 Å². The average molecular weight is 253 g/mol. The number of hydrogen-bond acceptors (Lipinski definition) is 3. The Kier molecular flexibility index (Phi) is 4.04. The predicted molar refractivity (Wildman–Crippen MR) is 57.2 cm³/mol. The summed E-state index contributed by atoms with van der Waals surface area (Å²) in [5.41, 5.74) is 0. The Labute approximate surface area is 83.4 Å². The molecule has 0 heterocycles.